The fourth-order valence-electron chi connectivity index (χ4n) is 3.02. The Balaban J connectivity index is 1.71. The summed E-state index contributed by atoms with van der Waals surface area (Å²) in [4.78, 5) is 25.8. The van der Waals surface area contributed by atoms with Crippen LogP contribution in [0.1, 0.15) is 32.1 Å². The molecule has 1 atom stereocenters. The summed E-state index contributed by atoms with van der Waals surface area (Å²) in [6.07, 6.45) is 8.36. The van der Waals surface area contributed by atoms with Gasteiger partial charge in [0.25, 0.3) is 0 Å². The average Bonchev–Trinajstić information content (AvgIpc) is 3.11. The van der Waals surface area contributed by atoms with Crippen molar-refractivity contribution in [3.63, 3.8) is 0 Å². The number of hydrogen-bond acceptors (Lipinski definition) is 2. The highest BCUT2D eigenvalue weighted by Gasteiger charge is 2.24. The molecule has 0 radical (unpaired) electrons. The minimum Gasteiger partial charge on any atom is -0.324 e. The summed E-state index contributed by atoms with van der Waals surface area (Å²) in [6, 6.07) is 7.54. The molecule has 2 amide bonds. The van der Waals surface area contributed by atoms with Gasteiger partial charge in [-0.25, -0.2) is 0 Å². The fraction of sp³-hybridized carbons (Fsp3) is 0.412. The van der Waals surface area contributed by atoms with Crippen LogP contribution in [0.2, 0.25) is 0 Å². The maximum Gasteiger partial charge on any atom is 0.227 e. The summed E-state index contributed by atoms with van der Waals surface area (Å²) in [7, 11) is 0. The summed E-state index contributed by atoms with van der Waals surface area (Å²) in [5, 5.41) is 2.97. The van der Waals surface area contributed by atoms with Crippen molar-refractivity contribution in [1.82, 2.24) is 0 Å². The zero-order valence-corrected chi connectivity index (χ0v) is 12.0. The van der Waals surface area contributed by atoms with E-state index in [1.807, 2.05) is 24.3 Å². The van der Waals surface area contributed by atoms with E-state index in [4.69, 9.17) is 0 Å². The lowest BCUT2D eigenvalue weighted by molar-refractivity contribution is -0.117. The number of nitrogens with one attached hydrogen (secondary N) is 1. The van der Waals surface area contributed by atoms with E-state index in [0.717, 1.165) is 37.2 Å². The van der Waals surface area contributed by atoms with E-state index in [1.165, 1.54) is 0 Å². The topological polar surface area (TPSA) is 49.4 Å². The summed E-state index contributed by atoms with van der Waals surface area (Å²) < 4.78 is 0. The fourth-order valence-corrected chi connectivity index (χ4v) is 3.02. The molecule has 110 valence electrons. The number of allylic oxidation sites excluding steroid dienone is 2. The van der Waals surface area contributed by atoms with Crippen molar-refractivity contribution in [3.8, 4) is 0 Å². The van der Waals surface area contributed by atoms with Crippen molar-refractivity contribution < 1.29 is 9.59 Å². The first-order valence-corrected chi connectivity index (χ1v) is 7.60. The minimum atomic E-state index is 0.0191. The van der Waals surface area contributed by atoms with E-state index in [0.29, 0.717) is 18.8 Å². The van der Waals surface area contributed by atoms with E-state index >= 15 is 0 Å². The van der Waals surface area contributed by atoms with Crippen LogP contribution in [0.3, 0.4) is 0 Å². The molecule has 0 saturated carbocycles. The summed E-state index contributed by atoms with van der Waals surface area (Å²) >= 11 is 0. The van der Waals surface area contributed by atoms with Gasteiger partial charge in [-0.3, -0.25) is 9.59 Å². The maximum atomic E-state index is 12.2. The monoisotopic (exact) mass is 284 g/mol. The van der Waals surface area contributed by atoms with Crippen molar-refractivity contribution in [1.29, 1.82) is 0 Å². The number of rotatable bonds is 4. The molecule has 4 nitrogen and oxygen atoms in total. The smallest absolute Gasteiger partial charge is 0.227 e. The van der Waals surface area contributed by atoms with Crippen molar-refractivity contribution >= 4 is 23.2 Å². The van der Waals surface area contributed by atoms with Gasteiger partial charge in [-0.05, 0) is 37.3 Å². The zero-order valence-electron chi connectivity index (χ0n) is 12.0. The Morgan fingerprint density at radius 3 is 2.90 bits per heavy atom. The molecule has 3 rings (SSSR count). The summed E-state index contributed by atoms with van der Waals surface area (Å²) in [5.41, 5.74) is 1.55. The Kier molecular flexibility index (Phi) is 4.04. The highest BCUT2D eigenvalue weighted by atomic mass is 16.2. The number of hydrogen-bond donors (Lipinski definition) is 1. The standard InChI is InChI=1S/C17H20N2O2/c20-16(12-13-6-1-2-7-13)18-14-8-3-4-9-15(14)19-11-5-10-17(19)21/h1,3-4,6,8-9,13H,2,5,7,10-12H2,(H,18,20). The van der Waals surface area contributed by atoms with Crippen LogP contribution in [0.4, 0.5) is 11.4 Å². The quantitative estimate of drug-likeness (QED) is 0.864. The number of nitrogens with zero attached hydrogens (tertiary/aromatic N) is 1. The second-order valence-corrected chi connectivity index (χ2v) is 5.68. The molecule has 1 aromatic carbocycles. The first-order valence-electron chi connectivity index (χ1n) is 7.60. The Bertz CT molecular complexity index is 580. The van der Waals surface area contributed by atoms with Crippen LogP contribution in [0.15, 0.2) is 36.4 Å². The molecule has 0 aromatic heterocycles. The highest BCUT2D eigenvalue weighted by Crippen LogP contribution is 2.30. The van der Waals surface area contributed by atoms with Gasteiger partial charge in [0.2, 0.25) is 11.8 Å². The third-order valence-electron chi connectivity index (χ3n) is 4.10. The van der Waals surface area contributed by atoms with Crippen molar-refractivity contribution in [3.05, 3.63) is 36.4 Å². The minimum absolute atomic E-state index is 0.0191. The first-order chi connectivity index (χ1) is 10.2. The van der Waals surface area contributed by atoms with Gasteiger partial charge in [0, 0.05) is 19.4 Å². The molecule has 2 aliphatic rings. The van der Waals surface area contributed by atoms with E-state index in [1.54, 1.807) is 4.90 Å². The van der Waals surface area contributed by atoms with Gasteiger partial charge < -0.3 is 10.2 Å². The maximum absolute atomic E-state index is 12.2. The molecule has 1 aliphatic heterocycles. The van der Waals surface area contributed by atoms with Crippen LogP contribution >= 0.6 is 0 Å². The SMILES string of the molecule is O=C(CC1C=CCC1)Nc1ccccc1N1CCCC1=O. The molecule has 1 saturated heterocycles. The number of carbonyl (C=O) groups is 2. The second-order valence-electron chi connectivity index (χ2n) is 5.68. The van der Waals surface area contributed by atoms with Gasteiger partial charge in [-0.1, -0.05) is 24.3 Å². The molecule has 1 aromatic rings. The Labute approximate surface area is 124 Å². The van der Waals surface area contributed by atoms with Crippen LogP contribution in [-0.2, 0) is 9.59 Å². The van der Waals surface area contributed by atoms with Crippen LogP contribution in [0, 0.1) is 5.92 Å². The van der Waals surface area contributed by atoms with Gasteiger partial charge in [0.15, 0.2) is 0 Å². The number of para-hydroxylation sites is 2. The predicted octanol–water partition coefficient (Wildman–Crippen LogP) is 3.11. The third-order valence-corrected chi connectivity index (χ3v) is 4.10. The molecule has 0 bridgehead atoms. The number of carbonyl (C=O) groups excluding carboxylic acids is 2. The number of anilines is 2. The lowest BCUT2D eigenvalue weighted by atomic mass is 10.0. The molecule has 21 heavy (non-hydrogen) atoms. The number of benzene rings is 1. The van der Waals surface area contributed by atoms with Gasteiger partial charge in [-0.2, -0.15) is 0 Å². The van der Waals surface area contributed by atoms with Crippen LogP contribution < -0.4 is 10.2 Å². The molecule has 1 heterocycles. The third kappa shape index (κ3) is 3.15. The average molecular weight is 284 g/mol. The van der Waals surface area contributed by atoms with Gasteiger partial charge in [0.1, 0.15) is 0 Å². The van der Waals surface area contributed by atoms with Crippen molar-refractivity contribution in [2.45, 2.75) is 32.1 Å². The second kappa shape index (κ2) is 6.12. The van der Waals surface area contributed by atoms with Gasteiger partial charge >= 0.3 is 0 Å². The first kappa shape index (κ1) is 13.9. The Morgan fingerprint density at radius 1 is 1.33 bits per heavy atom. The van der Waals surface area contributed by atoms with E-state index in [-0.39, 0.29) is 11.8 Å². The molecule has 0 spiro atoms. The molecule has 1 N–H and O–H groups in total. The summed E-state index contributed by atoms with van der Waals surface area (Å²) in [6.45, 7) is 0.733. The normalized spacial score (nSPS) is 21.0. The Morgan fingerprint density at radius 2 is 2.19 bits per heavy atom. The molecule has 1 aliphatic carbocycles. The van der Waals surface area contributed by atoms with Crippen molar-refractivity contribution in [2.75, 3.05) is 16.8 Å². The van der Waals surface area contributed by atoms with Crippen LogP contribution in [-0.4, -0.2) is 18.4 Å². The lowest BCUT2D eigenvalue weighted by Gasteiger charge is -2.20. The Hall–Kier alpha value is -2.10. The molecule has 4 heteroatoms. The summed E-state index contributed by atoms with van der Waals surface area (Å²) in [5.74, 6) is 0.506. The zero-order chi connectivity index (χ0) is 14.7. The van der Waals surface area contributed by atoms with Gasteiger partial charge in [0.05, 0.1) is 11.4 Å². The van der Waals surface area contributed by atoms with E-state index in [2.05, 4.69) is 17.5 Å². The lowest BCUT2D eigenvalue weighted by Crippen LogP contribution is -2.25. The highest BCUT2D eigenvalue weighted by molar-refractivity contribution is 6.02. The van der Waals surface area contributed by atoms with Gasteiger partial charge in [-0.15, -0.1) is 0 Å². The largest absolute Gasteiger partial charge is 0.324 e. The predicted molar refractivity (Wildman–Crippen MR) is 83.1 cm³/mol. The molecule has 1 unspecified atom stereocenters. The van der Waals surface area contributed by atoms with E-state index < -0.39 is 0 Å². The van der Waals surface area contributed by atoms with Crippen molar-refractivity contribution in [2.24, 2.45) is 5.92 Å². The van der Waals surface area contributed by atoms with E-state index in [9.17, 15) is 9.59 Å². The van der Waals surface area contributed by atoms with Crippen LogP contribution in [0.5, 0.6) is 0 Å². The molecular formula is C17H20N2O2. The molecular weight excluding hydrogens is 264 g/mol. The molecule has 1 fully saturated rings. The van der Waals surface area contributed by atoms with Crippen LogP contribution in [0.25, 0.3) is 0 Å². The number of amides is 2.